The van der Waals surface area contributed by atoms with Crippen molar-refractivity contribution < 1.29 is 8.42 Å². The van der Waals surface area contributed by atoms with E-state index in [2.05, 4.69) is 38.1 Å². The van der Waals surface area contributed by atoms with Gasteiger partial charge in [-0.15, -0.1) is 0 Å². The van der Waals surface area contributed by atoms with E-state index in [1.165, 1.54) is 11.1 Å². The third-order valence-corrected chi connectivity index (χ3v) is 3.99. The van der Waals surface area contributed by atoms with E-state index >= 15 is 0 Å². The van der Waals surface area contributed by atoms with Crippen molar-refractivity contribution in [1.29, 1.82) is 0 Å². The maximum absolute atomic E-state index is 10.7. The van der Waals surface area contributed by atoms with Gasteiger partial charge in [0.2, 0.25) is 9.05 Å². The standard InChI is InChI=1S/C13H19ClO2S/c1-11(2)13-8-6-12(7-9-13)5-3-4-10-17(14,15)16/h6-9,11H,3-5,10H2,1-2H3. The van der Waals surface area contributed by atoms with Gasteiger partial charge in [0, 0.05) is 10.7 Å². The SMILES string of the molecule is CC(C)c1ccc(CCCCS(=O)(=O)Cl)cc1. The molecule has 0 unspecified atom stereocenters. The number of halogens is 1. The molecule has 0 fully saturated rings. The smallest absolute Gasteiger partial charge is 0.212 e. The number of aryl methyl sites for hydroxylation is 1. The summed E-state index contributed by atoms with van der Waals surface area (Å²) in [5.41, 5.74) is 2.58. The summed E-state index contributed by atoms with van der Waals surface area (Å²) in [6.45, 7) is 4.33. The number of unbranched alkanes of at least 4 members (excludes halogenated alkanes) is 1. The Bertz CT molecular complexity index is 435. The van der Waals surface area contributed by atoms with Crippen molar-refractivity contribution in [3.05, 3.63) is 35.4 Å². The van der Waals surface area contributed by atoms with E-state index < -0.39 is 9.05 Å². The molecule has 96 valence electrons. The van der Waals surface area contributed by atoms with Crippen molar-refractivity contribution in [2.45, 2.75) is 39.0 Å². The Balaban J connectivity index is 2.37. The summed E-state index contributed by atoms with van der Waals surface area (Å²) >= 11 is 0. The number of benzene rings is 1. The fourth-order valence-electron chi connectivity index (χ4n) is 1.67. The molecule has 0 atom stereocenters. The molecule has 0 aliphatic rings. The molecule has 0 aliphatic carbocycles. The highest BCUT2D eigenvalue weighted by molar-refractivity contribution is 8.13. The lowest BCUT2D eigenvalue weighted by atomic mass is 10.00. The predicted molar refractivity (Wildman–Crippen MR) is 73.1 cm³/mol. The minimum absolute atomic E-state index is 0.0681. The van der Waals surface area contributed by atoms with Gasteiger partial charge in [0.25, 0.3) is 0 Å². The highest BCUT2D eigenvalue weighted by atomic mass is 35.7. The minimum Gasteiger partial charge on any atom is -0.212 e. The van der Waals surface area contributed by atoms with Gasteiger partial charge in [0.05, 0.1) is 5.75 Å². The number of rotatable bonds is 6. The lowest BCUT2D eigenvalue weighted by Crippen LogP contribution is -1.98. The van der Waals surface area contributed by atoms with Crippen molar-refractivity contribution in [3.63, 3.8) is 0 Å². The molecule has 0 radical (unpaired) electrons. The molecule has 0 aliphatic heterocycles. The van der Waals surface area contributed by atoms with Crippen molar-refractivity contribution in [2.75, 3.05) is 5.75 Å². The molecule has 1 aromatic carbocycles. The Hall–Kier alpha value is -0.540. The maximum Gasteiger partial charge on any atom is 0.232 e. The quantitative estimate of drug-likeness (QED) is 0.585. The second-order valence-electron chi connectivity index (χ2n) is 4.60. The summed E-state index contributed by atoms with van der Waals surface area (Å²) < 4.78 is 21.5. The van der Waals surface area contributed by atoms with E-state index in [0.717, 1.165) is 12.8 Å². The van der Waals surface area contributed by atoms with Crippen LogP contribution < -0.4 is 0 Å². The van der Waals surface area contributed by atoms with Crippen molar-refractivity contribution >= 4 is 19.7 Å². The highest BCUT2D eigenvalue weighted by Gasteiger charge is 2.04. The van der Waals surface area contributed by atoms with Gasteiger partial charge < -0.3 is 0 Å². The van der Waals surface area contributed by atoms with Gasteiger partial charge in [-0.3, -0.25) is 0 Å². The number of hydrogen-bond donors (Lipinski definition) is 0. The molecule has 1 aromatic rings. The van der Waals surface area contributed by atoms with Gasteiger partial charge in [-0.25, -0.2) is 8.42 Å². The topological polar surface area (TPSA) is 34.1 Å². The van der Waals surface area contributed by atoms with E-state index in [1.807, 2.05) is 0 Å². The molecule has 2 nitrogen and oxygen atoms in total. The van der Waals surface area contributed by atoms with Gasteiger partial charge in [-0.05, 0) is 36.3 Å². The van der Waals surface area contributed by atoms with Gasteiger partial charge >= 0.3 is 0 Å². The molecule has 0 saturated carbocycles. The number of hydrogen-bond acceptors (Lipinski definition) is 2. The minimum atomic E-state index is -3.32. The summed E-state index contributed by atoms with van der Waals surface area (Å²) in [7, 11) is 1.82. The van der Waals surface area contributed by atoms with Crippen molar-refractivity contribution in [1.82, 2.24) is 0 Å². The molecule has 0 saturated heterocycles. The van der Waals surface area contributed by atoms with Crippen molar-refractivity contribution in [3.8, 4) is 0 Å². The third-order valence-electron chi connectivity index (χ3n) is 2.75. The molecule has 0 aromatic heterocycles. The first kappa shape index (κ1) is 14.5. The van der Waals surface area contributed by atoms with Crippen LogP contribution in [0.4, 0.5) is 0 Å². The van der Waals surface area contributed by atoms with Gasteiger partial charge in [0.1, 0.15) is 0 Å². The Morgan fingerprint density at radius 1 is 1.12 bits per heavy atom. The van der Waals surface area contributed by atoms with Gasteiger partial charge in [-0.1, -0.05) is 38.1 Å². The zero-order chi connectivity index (χ0) is 12.9. The average molecular weight is 275 g/mol. The van der Waals surface area contributed by atoms with Crippen LogP contribution in [0.15, 0.2) is 24.3 Å². The molecule has 0 heterocycles. The van der Waals surface area contributed by atoms with Crippen LogP contribution in [-0.4, -0.2) is 14.2 Å². The average Bonchev–Trinajstić information content (AvgIpc) is 2.24. The molecule has 0 N–H and O–H groups in total. The van der Waals surface area contributed by atoms with Crippen LogP contribution in [-0.2, 0) is 15.5 Å². The lowest BCUT2D eigenvalue weighted by molar-refractivity contribution is 0.605. The van der Waals surface area contributed by atoms with E-state index in [9.17, 15) is 8.42 Å². The summed E-state index contributed by atoms with van der Waals surface area (Å²) in [4.78, 5) is 0. The largest absolute Gasteiger partial charge is 0.232 e. The molecule has 1 rings (SSSR count). The fourth-order valence-corrected chi connectivity index (χ4v) is 2.55. The highest BCUT2D eigenvalue weighted by Crippen LogP contribution is 2.16. The molecule has 17 heavy (non-hydrogen) atoms. The van der Waals surface area contributed by atoms with E-state index in [0.29, 0.717) is 12.3 Å². The maximum atomic E-state index is 10.7. The van der Waals surface area contributed by atoms with Crippen LogP contribution in [0.5, 0.6) is 0 Å². The van der Waals surface area contributed by atoms with Crippen molar-refractivity contribution in [2.24, 2.45) is 0 Å². The molecule has 0 bridgehead atoms. The zero-order valence-corrected chi connectivity index (χ0v) is 11.9. The molecule has 0 amide bonds. The van der Waals surface area contributed by atoms with Crippen LogP contribution in [0.25, 0.3) is 0 Å². The normalized spacial score (nSPS) is 12.0. The fraction of sp³-hybridized carbons (Fsp3) is 0.538. The van der Waals surface area contributed by atoms with Crippen LogP contribution >= 0.6 is 10.7 Å². The Morgan fingerprint density at radius 3 is 2.18 bits per heavy atom. The summed E-state index contributed by atoms with van der Waals surface area (Å²) in [6, 6.07) is 8.51. The second kappa shape index (κ2) is 6.41. The summed E-state index contributed by atoms with van der Waals surface area (Å²) in [6.07, 6.45) is 2.38. The summed E-state index contributed by atoms with van der Waals surface area (Å²) in [5, 5.41) is 0. The van der Waals surface area contributed by atoms with Crippen LogP contribution in [0.1, 0.15) is 43.7 Å². The third kappa shape index (κ3) is 6.08. The molecular formula is C13H19ClO2S. The molecule has 0 spiro atoms. The van der Waals surface area contributed by atoms with Crippen LogP contribution in [0.3, 0.4) is 0 Å². The molecular weight excluding hydrogens is 256 g/mol. The Morgan fingerprint density at radius 2 is 1.71 bits per heavy atom. The summed E-state index contributed by atoms with van der Waals surface area (Å²) in [5.74, 6) is 0.615. The monoisotopic (exact) mass is 274 g/mol. The van der Waals surface area contributed by atoms with Gasteiger partial charge in [-0.2, -0.15) is 0 Å². The first-order chi connectivity index (χ1) is 7.88. The molecule has 4 heteroatoms. The lowest BCUT2D eigenvalue weighted by Gasteiger charge is -2.06. The van der Waals surface area contributed by atoms with Crippen LogP contribution in [0.2, 0.25) is 0 Å². The van der Waals surface area contributed by atoms with Crippen LogP contribution in [0, 0.1) is 0 Å². The predicted octanol–water partition coefficient (Wildman–Crippen LogP) is 3.70. The second-order valence-corrected chi connectivity index (χ2v) is 7.49. The van der Waals surface area contributed by atoms with E-state index in [4.69, 9.17) is 10.7 Å². The van der Waals surface area contributed by atoms with Gasteiger partial charge in [0.15, 0.2) is 0 Å². The first-order valence-corrected chi connectivity index (χ1v) is 8.37. The first-order valence-electron chi connectivity index (χ1n) is 5.89. The Kier molecular flexibility index (Phi) is 5.47. The van der Waals surface area contributed by atoms with E-state index in [-0.39, 0.29) is 5.75 Å². The Labute approximate surface area is 108 Å². The zero-order valence-electron chi connectivity index (χ0n) is 10.3. The van der Waals surface area contributed by atoms with E-state index in [1.54, 1.807) is 0 Å².